The van der Waals surface area contributed by atoms with Gasteiger partial charge in [0.1, 0.15) is 0 Å². The maximum absolute atomic E-state index is 6.28. The highest BCUT2D eigenvalue weighted by Gasteiger charge is 2.14. The highest BCUT2D eigenvalue weighted by molar-refractivity contribution is 5.95. The third-order valence-electron chi connectivity index (χ3n) is 4.01. The number of nitrogens with two attached hydrogens (primary N) is 1. The van der Waals surface area contributed by atoms with E-state index in [1.54, 1.807) is 0 Å². The van der Waals surface area contributed by atoms with Crippen molar-refractivity contribution in [2.45, 2.75) is 26.7 Å². The standard InChI is InChI=1S/C19H20N2/c1-13-10-11-16(12-13)21-19-17-8-5-7-15(14(17)2)6-3-4-9-18(19)20/h3-10H,11-12,20H2,1-2H3/b6-3-,9-4+,19-18-,21-16?. The van der Waals surface area contributed by atoms with Crippen molar-refractivity contribution in [2.75, 3.05) is 0 Å². The lowest BCUT2D eigenvalue weighted by molar-refractivity contribution is 1.27. The summed E-state index contributed by atoms with van der Waals surface area (Å²) in [6.07, 6.45) is 12.2. The van der Waals surface area contributed by atoms with E-state index in [1.807, 2.05) is 18.2 Å². The summed E-state index contributed by atoms with van der Waals surface area (Å²) in [5.41, 5.74) is 14.0. The van der Waals surface area contributed by atoms with E-state index in [9.17, 15) is 0 Å². The first kappa shape index (κ1) is 13.6. The van der Waals surface area contributed by atoms with Gasteiger partial charge in [0.05, 0.1) is 11.4 Å². The molecule has 2 N–H and O–H groups in total. The van der Waals surface area contributed by atoms with Gasteiger partial charge in [-0.05, 0) is 31.1 Å². The summed E-state index contributed by atoms with van der Waals surface area (Å²) in [4.78, 5) is 4.88. The lowest BCUT2D eigenvalue weighted by Crippen LogP contribution is -2.02. The van der Waals surface area contributed by atoms with Crippen molar-refractivity contribution in [3.63, 3.8) is 0 Å². The molecule has 1 aromatic rings. The van der Waals surface area contributed by atoms with Crippen LogP contribution in [0.5, 0.6) is 0 Å². The molecule has 0 saturated heterocycles. The molecule has 0 atom stereocenters. The number of hydrogen-bond acceptors (Lipinski definition) is 2. The minimum atomic E-state index is 0.721. The van der Waals surface area contributed by atoms with Crippen molar-refractivity contribution in [3.05, 3.63) is 70.5 Å². The summed E-state index contributed by atoms with van der Waals surface area (Å²) < 4.78 is 0. The molecular weight excluding hydrogens is 256 g/mol. The molecule has 2 heteroatoms. The number of rotatable bonds is 1. The van der Waals surface area contributed by atoms with Crippen LogP contribution < -0.4 is 5.73 Å². The Morgan fingerprint density at radius 3 is 2.67 bits per heavy atom. The number of fused-ring (bicyclic) bond motifs is 2. The van der Waals surface area contributed by atoms with Gasteiger partial charge in [-0.15, -0.1) is 0 Å². The third kappa shape index (κ3) is 2.75. The van der Waals surface area contributed by atoms with Gasteiger partial charge < -0.3 is 5.73 Å². The number of hydrogen-bond donors (Lipinski definition) is 1. The van der Waals surface area contributed by atoms with Crippen LogP contribution in [0.15, 0.2) is 58.8 Å². The predicted molar refractivity (Wildman–Crippen MR) is 90.9 cm³/mol. The molecule has 0 unspecified atom stereocenters. The Morgan fingerprint density at radius 2 is 1.90 bits per heavy atom. The fourth-order valence-corrected chi connectivity index (χ4v) is 2.77. The molecule has 0 saturated carbocycles. The second kappa shape index (κ2) is 5.57. The molecule has 0 heterocycles. The van der Waals surface area contributed by atoms with E-state index in [0.29, 0.717) is 0 Å². The zero-order valence-electron chi connectivity index (χ0n) is 12.6. The molecule has 0 fully saturated rings. The summed E-state index contributed by atoms with van der Waals surface area (Å²) in [6, 6.07) is 6.29. The van der Waals surface area contributed by atoms with E-state index in [2.05, 4.69) is 44.2 Å². The van der Waals surface area contributed by atoms with Crippen molar-refractivity contribution < 1.29 is 0 Å². The van der Waals surface area contributed by atoms with Crippen LogP contribution in [-0.4, -0.2) is 5.71 Å². The van der Waals surface area contributed by atoms with Gasteiger partial charge in [-0.2, -0.15) is 0 Å². The molecule has 0 radical (unpaired) electrons. The van der Waals surface area contributed by atoms with Crippen LogP contribution in [0.4, 0.5) is 0 Å². The van der Waals surface area contributed by atoms with Gasteiger partial charge in [-0.25, -0.2) is 0 Å². The second-order valence-electron chi connectivity index (χ2n) is 5.65. The molecular formula is C19H20N2. The number of aliphatic imine (C=N–C) groups is 1. The van der Waals surface area contributed by atoms with E-state index >= 15 is 0 Å². The summed E-state index contributed by atoms with van der Waals surface area (Å²) in [5, 5.41) is 0. The van der Waals surface area contributed by atoms with Crippen LogP contribution in [0, 0.1) is 6.92 Å². The normalized spacial score (nSPS) is 26.0. The number of nitrogens with zero attached hydrogens (tertiary/aromatic N) is 1. The molecule has 0 spiro atoms. The lowest BCUT2D eigenvalue weighted by Gasteiger charge is -2.12. The Bertz CT molecular complexity index is 728. The monoisotopic (exact) mass is 276 g/mol. The Morgan fingerprint density at radius 1 is 1.10 bits per heavy atom. The summed E-state index contributed by atoms with van der Waals surface area (Å²) in [7, 11) is 0. The van der Waals surface area contributed by atoms with Crippen LogP contribution in [0.2, 0.25) is 0 Å². The summed E-state index contributed by atoms with van der Waals surface area (Å²) in [5.74, 6) is 0. The molecule has 0 aliphatic heterocycles. The van der Waals surface area contributed by atoms with E-state index in [-0.39, 0.29) is 0 Å². The first-order valence-corrected chi connectivity index (χ1v) is 7.31. The van der Waals surface area contributed by atoms with Crippen molar-refractivity contribution in [1.82, 2.24) is 0 Å². The van der Waals surface area contributed by atoms with Crippen molar-refractivity contribution in [3.8, 4) is 0 Å². The van der Waals surface area contributed by atoms with Gasteiger partial charge in [0.2, 0.25) is 0 Å². The minimum Gasteiger partial charge on any atom is -0.397 e. The molecule has 21 heavy (non-hydrogen) atoms. The fraction of sp³-hybridized carbons (Fsp3) is 0.211. The van der Waals surface area contributed by atoms with Crippen LogP contribution in [0.1, 0.15) is 36.5 Å². The van der Waals surface area contributed by atoms with Gasteiger partial charge in [0, 0.05) is 24.1 Å². The average molecular weight is 276 g/mol. The van der Waals surface area contributed by atoms with Crippen molar-refractivity contribution >= 4 is 17.5 Å². The molecule has 2 bridgehead atoms. The van der Waals surface area contributed by atoms with E-state index < -0.39 is 0 Å². The molecule has 1 aromatic carbocycles. The first-order valence-electron chi connectivity index (χ1n) is 7.31. The first-order chi connectivity index (χ1) is 10.1. The summed E-state index contributed by atoms with van der Waals surface area (Å²) >= 11 is 0. The van der Waals surface area contributed by atoms with Crippen LogP contribution >= 0.6 is 0 Å². The molecule has 2 nitrogen and oxygen atoms in total. The Hall–Kier alpha value is -2.35. The second-order valence-corrected chi connectivity index (χ2v) is 5.65. The molecule has 0 amide bonds. The van der Waals surface area contributed by atoms with E-state index in [0.717, 1.165) is 29.8 Å². The summed E-state index contributed by atoms with van der Waals surface area (Å²) in [6.45, 7) is 4.28. The van der Waals surface area contributed by atoms with Gasteiger partial charge in [0.15, 0.2) is 0 Å². The minimum absolute atomic E-state index is 0.721. The van der Waals surface area contributed by atoms with Gasteiger partial charge in [-0.1, -0.05) is 48.1 Å². The van der Waals surface area contributed by atoms with E-state index in [4.69, 9.17) is 10.7 Å². The maximum atomic E-state index is 6.28. The number of benzene rings is 1. The third-order valence-corrected chi connectivity index (χ3v) is 4.01. The van der Waals surface area contributed by atoms with Crippen molar-refractivity contribution in [1.29, 1.82) is 0 Å². The topological polar surface area (TPSA) is 38.4 Å². The van der Waals surface area contributed by atoms with Gasteiger partial charge in [-0.3, -0.25) is 4.99 Å². The van der Waals surface area contributed by atoms with Crippen LogP contribution in [0.3, 0.4) is 0 Å². The SMILES string of the molecule is CC1=CCC(=N/C2=C(N)/C=C/C=C\c3cccc2c3C)C1. The molecule has 3 rings (SSSR count). The predicted octanol–water partition coefficient (Wildman–Crippen LogP) is 4.39. The van der Waals surface area contributed by atoms with Crippen LogP contribution in [-0.2, 0) is 0 Å². The average Bonchev–Trinajstić information content (AvgIpc) is 2.87. The Kier molecular flexibility index (Phi) is 3.61. The van der Waals surface area contributed by atoms with Crippen LogP contribution in [0.25, 0.3) is 11.8 Å². The van der Waals surface area contributed by atoms with Gasteiger partial charge in [0.25, 0.3) is 0 Å². The highest BCUT2D eigenvalue weighted by atomic mass is 14.8. The fourth-order valence-electron chi connectivity index (χ4n) is 2.77. The molecule has 0 aromatic heterocycles. The smallest absolute Gasteiger partial charge is 0.0933 e. The Balaban J connectivity index is 2.14. The molecule has 2 aliphatic carbocycles. The lowest BCUT2D eigenvalue weighted by atomic mass is 9.99. The largest absolute Gasteiger partial charge is 0.397 e. The Labute approximate surface area is 126 Å². The van der Waals surface area contributed by atoms with E-state index in [1.165, 1.54) is 22.4 Å². The highest BCUT2D eigenvalue weighted by Crippen LogP contribution is 2.28. The van der Waals surface area contributed by atoms with Gasteiger partial charge >= 0.3 is 0 Å². The van der Waals surface area contributed by atoms with Crippen molar-refractivity contribution in [2.24, 2.45) is 10.7 Å². The molecule has 2 aliphatic rings. The number of allylic oxidation sites excluding steroid dienone is 5. The molecule has 106 valence electrons. The maximum Gasteiger partial charge on any atom is 0.0933 e. The zero-order chi connectivity index (χ0) is 14.8. The zero-order valence-corrected chi connectivity index (χ0v) is 12.6. The quantitative estimate of drug-likeness (QED) is 0.759.